The number of ether oxygens (including phenoxy) is 1. The molecule has 2 rings (SSSR count). The van der Waals surface area contributed by atoms with Gasteiger partial charge >= 0.3 is 0 Å². The van der Waals surface area contributed by atoms with E-state index in [-0.39, 0.29) is 24.0 Å². The van der Waals surface area contributed by atoms with Crippen LogP contribution in [0.1, 0.15) is 45.2 Å². The van der Waals surface area contributed by atoms with Crippen LogP contribution < -0.4 is 10.6 Å². The highest BCUT2D eigenvalue weighted by Gasteiger charge is 2.22. The Balaban J connectivity index is 0.00000338. The second-order valence-electron chi connectivity index (χ2n) is 7.10. The normalized spacial score (nSPS) is 22.4. The molecule has 0 spiro atoms. The summed E-state index contributed by atoms with van der Waals surface area (Å²) in [7, 11) is 1.82. The molecular formula is C20H35IN4O. The number of hydrogen-bond acceptors (Lipinski definition) is 3. The third-order valence-corrected chi connectivity index (χ3v) is 4.67. The molecule has 3 unspecified atom stereocenters. The topological polar surface area (TPSA) is 48.9 Å². The molecular weight excluding hydrogens is 439 g/mol. The lowest BCUT2D eigenvalue weighted by atomic mass is 10.1. The van der Waals surface area contributed by atoms with Crippen molar-refractivity contribution in [2.45, 2.75) is 65.5 Å². The molecule has 0 bridgehead atoms. The summed E-state index contributed by atoms with van der Waals surface area (Å²) >= 11 is 0. The number of morpholine rings is 1. The van der Waals surface area contributed by atoms with Crippen LogP contribution in [0.3, 0.4) is 0 Å². The van der Waals surface area contributed by atoms with Gasteiger partial charge in [0.25, 0.3) is 0 Å². The van der Waals surface area contributed by atoms with Crippen molar-refractivity contribution in [1.82, 2.24) is 15.5 Å². The lowest BCUT2D eigenvalue weighted by Gasteiger charge is -2.35. The Labute approximate surface area is 176 Å². The van der Waals surface area contributed by atoms with Crippen LogP contribution in [0.2, 0.25) is 0 Å². The molecule has 0 radical (unpaired) electrons. The van der Waals surface area contributed by atoms with Gasteiger partial charge in [0.05, 0.1) is 12.2 Å². The fraction of sp³-hybridized carbons (Fsp3) is 0.650. The van der Waals surface area contributed by atoms with Gasteiger partial charge in [-0.15, -0.1) is 24.0 Å². The first-order valence-corrected chi connectivity index (χ1v) is 9.43. The highest BCUT2D eigenvalue weighted by molar-refractivity contribution is 14.0. The van der Waals surface area contributed by atoms with E-state index >= 15 is 0 Å². The van der Waals surface area contributed by atoms with E-state index in [1.54, 1.807) is 0 Å². The van der Waals surface area contributed by atoms with Crippen LogP contribution in [0.15, 0.2) is 29.3 Å². The molecule has 1 aliphatic heterocycles. The largest absolute Gasteiger partial charge is 0.373 e. The summed E-state index contributed by atoms with van der Waals surface area (Å²) in [6, 6.07) is 9.07. The smallest absolute Gasteiger partial charge is 0.191 e. The Kier molecular flexibility index (Phi) is 10.5. The molecule has 1 aromatic rings. The summed E-state index contributed by atoms with van der Waals surface area (Å²) < 4.78 is 5.85. The van der Waals surface area contributed by atoms with Crippen molar-refractivity contribution in [2.24, 2.45) is 4.99 Å². The van der Waals surface area contributed by atoms with Gasteiger partial charge in [-0.1, -0.05) is 31.2 Å². The summed E-state index contributed by atoms with van der Waals surface area (Å²) in [5.41, 5.74) is 2.69. The molecule has 26 heavy (non-hydrogen) atoms. The number of nitrogens with zero attached hydrogens (tertiary/aromatic N) is 2. The van der Waals surface area contributed by atoms with E-state index in [0.29, 0.717) is 18.2 Å². The van der Waals surface area contributed by atoms with Gasteiger partial charge in [0, 0.05) is 39.3 Å². The van der Waals surface area contributed by atoms with E-state index in [9.17, 15) is 0 Å². The summed E-state index contributed by atoms with van der Waals surface area (Å²) in [4.78, 5) is 6.81. The quantitative estimate of drug-likeness (QED) is 0.377. The maximum atomic E-state index is 5.85. The molecule has 3 atom stereocenters. The molecule has 0 aromatic heterocycles. The first-order valence-electron chi connectivity index (χ1n) is 9.43. The number of aliphatic imine (C=N–C) groups is 1. The van der Waals surface area contributed by atoms with Crippen molar-refractivity contribution < 1.29 is 4.74 Å². The Morgan fingerprint density at radius 1 is 1.23 bits per heavy atom. The minimum Gasteiger partial charge on any atom is -0.373 e. The minimum absolute atomic E-state index is 0. The monoisotopic (exact) mass is 474 g/mol. The van der Waals surface area contributed by atoms with E-state index in [1.807, 2.05) is 7.05 Å². The van der Waals surface area contributed by atoms with Crippen LogP contribution in [-0.4, -0.2) is 49.2 Å². The van der Waals surface area contributed by atoms with Crippen LogP contribution >= 0.6 is 24.0 Å². The number of benzene rings is 1. The van der Waals surface area contributed by atoms with Gasteiger partial charge in [-0.05, 0) is 38.3 Å². The predicted molar refractivity (Wildman–Crippen MR) is 120 cm³/mol. The average molecular weight is 474 g/mol. The van der Waals surface area contributed by atoms with Crippen LogP contribution in [0.25, 0.3) is 0 Å². The number of halogens is 1. The van der Waals surface area contributed by atoms with Gasteiger partial charge in [0.15, 0.2) is 5.96 Å². The van der Waals surface area contributed by atoms with Crippen molar-refractivity contribution in [3.63, 3.8) is 0 Å². The predicted octanol–water partition coefficient (Wildman–Crippen LogP) is 3.38. The van der Waals surface area contributed by atoms with E-state index in [0.717, 1.165) is 38.6 Å². The Bertz CT molecular complexity index is 556. The average Bonchev–Trinajstić information content (AvgIpc) is 2.58. The molecule has 5 nitrogen and oxygen atoms in total. The highest BCUT2D eigenvalue weighted by Crippen LogP contribution is 2.17. The molecule has 1 aromatic carbocycles. The van der Waals surface area contributed by atoms with Crippen LogP contribution in [-0.2, 0) is 17.8 Å². The van der Waals surface area contributed by atoms with Crippen molar-refractivity contribution >= 4 is 29.9 Å². The third kappa shape index (κ3) is 7.40. The van der Waals surface area contributed by atoms with Crippen LogP contribution in [0, 0.1) is 0 Å². The maximum Gasteiger partial charge on any atom is 0.191 e. The van der Waals surface area contributed by atoms with Gasteiger partial charge in [-0.25, -0.2) is 0 Å². The standard InChI is InChI=1S/C20H34N4O.HI/c1-6-15(2)23-20(21-5)22-11-18-9-7-8-10-19(18)14-24-12-16(3)25-17(4)13-24;/h7-10,15-17H,6,11-14H2,1-5H3,(H2,21,22,23);1H. The molecule has 2 N–H and O–H groups in total. The minimum atomic E-state index is 0. The number of hydrogen-bond donors (Lipinski definition) is 2. The molecule has 1 saturated heterocycles. The molecule has 0 amide bonds. The lowest BCUT2D eigenvalue weighted by molar-refractivity contribution is -0.0705. The van der Waals surface area contributed by atoms with Gasteiger partial charge in [-0.3, -0.25) is 9.89 Å². The maximum absolute atomic E-state index is 5.85. The zero-order chi connectivity index (χ0) is 18.2. The van der Waals surface area contributed by atoms with Crippen molar-refractivity contribution in [2.75, 3.05) is 20.1 Å². The Morgan fingerprint density at radius 3 is 2.42 bits per heavy atom. The summed E-state index contributed by atoms with van der Waals surface area (Å²) in [6.45, 7) is 12.4. The second-order valence-corrected chi connectivity index (χ2v) is 7.10. The zero-order valence-corrected chi connectivity index (χ0v) is 19.1. The van der Waals surface area contributed by atoms with Gasteiger partial charge in [0.1, 0.15) is 0 Å². The Hall–Kier alpha value is -0.860. The van der Waals surface area contributed by atoms with E-state index in [4.69, 9.17) is 4.74 Å². The molecule has 1 fully saturated rings. The van der Waals surface area contributed by atoms with Crippen LogP contribution in [0.5, 0.6) is 0 Å². The third-order valence-electron chi connectivity index (χ3n) is 4.67. The summed E-state index contributed by atoms with van der Waals surface area (Å²) in [5, 5.41) is 6.85. The highest BCUT2D eigenvalue weighted by atomic mass is 127. The number of nitrogens with one attached hydrogen (secondary N) is 2. The fourth-order valence-electron chi connectivity index (χ4n) is 3.25. The lowest BCUT2D eigenvalue weighted by Crippen LogP contribution is -2.45. The molecule has 1 heterocycles. The fourth-order valence-corrected chi connectivity index (χ4v) is 3.25. The van der Waals surface area contributed by atoms with E-state index in [1.165, 1.54) is 11.1 Å². The Morgan fingerprint density at radius 2 is 1.85 bits per heavy atom. The van der Waals surface area contributed by atoms with Crippen molar-refractivity contribution in [1.29, 1.82) is 0 Å². The molecule has 0 aliphatic carbocycles. The van der Waals surface area contributed by atoms with Crippen molar-refractivity contribution in [3.05, 3.63) is 35.4 Å². The first kappa shape index (κ1) is 23.2. The molecule has 148 valence electrons. The number of guanidine groups is 1. The molecule has 0 saturated carbocycles. The number of rotatable bonds is 6. The second kappa shape index (κ2) is 11.8. The first-order chi connectivity index (χ1) is 12.0. The summed E-state index contributed by atoms with van der Waals surface area (Å²) in [5.74, 6) is 0.859. The molecule has 1 aliphatic rings. The van der Waals surface area contributed by atoms with Crippen molar-refractivity contribution in [3.8, 4) is 0 Å². The van der Waals surface area contributed by atoms with Crippen LogP contribution in [0.4, 0.5) is 0 Å². The van der Waals surface area contributed by atoms with E-state index < -0.39 is 0 Å². The molecule has 6 heteroatoms. The zero-order valence-electron chi connectivity index (χ0n) is 16.8. The summed E-state index contributed by atoms with van der Waals surface area (Å²) in [6.07, 6.45) is 1.67. The van der Waals surface area contributed by atoms with E-state index in [2.05, 4.69) is 72.5 Å². The SMILES string of the molecule is CCC(C)NC(=NC)NCc1ccccc1CN1CC(C)OC(C)C1.I. The van der Waals surface area contributed by atoms with Gasteiger partial charge < -0.3 is 15.4 Å². The van der Waals surface area contributed by atoms with Gasteiger partial charge in [0.2, 0.25) is 0 Å². The van der Waals surface area contributed by atoms with Gasteiger partial charge in [-0.2, -0.15) is 0 Å².